The summed E-state index contributed by atoms with van der Waals surface area (Å²) in [5, 5.41) is 42.5. The number of hydrogen-bond acceptors (Lipinski definition) is 5. The van der Waals surface area contributed by atoms with Crippen LogP contribution in [0.3, 0.4) is 0 Å². The minimum Gasteiger partial charge on any atom is -0.481 e. The zero-order valence-corrected chi connectivity index (χ0v) is 63.9. The molecule has 0 aromatic rings. The molecule has 1 radical (unpaired) electrons. The molecular weight excluding hydrogens is 1210 g/mol. The van der Waals surface area contributed by atoms with E-state index >= 15 is 0 Å². The first-order valence-corrected chi connectivity index (χ1v) is 39.9. The van der Waals surface area contributed by atoms with Gasteiger partial charge in [-0.05, 0) is 32.1 Å². The third-order valence-corrected chi connectivity index (χ3v) is 17.5. The number of hydrogen-bond donors (Lipinski definition) is 5. The first-order chi connectivity index (χ1) is 43.9. The van der Waals surface area contributed by atoms with Crippen molar-refractivity contribution in [3.63, 3.8) is 0 Å². The van der Waals surface area contributed by atoms with Crippen molar-refractivity contribution >= 4 is 29.8 Å². The van der Waals surface area contributed by atoms with Crippen molar-refractivity contribution in [2.24, 2.45) is 0 Å². The van der Waals surface area contributed by atoms with Crippen LogP contribution in [0.4, 0.5) is 0 Å². The predicted octanol–water partition coefficient (Wildman–Crippen LogP) is 27.8. The van der Waals surface area contributed by atoms with Crippen LogP contribution in [-0.2, 0) is 46.4 Å². The number of carbonyl (C=O) groups is 5. The normalized spacial score (nSPS) is 10.6. The largest absolute Gasteiger partial charge is 0.481 e. The van der Waals surface area contributed by atoms with Gasteiger partial charge in [0, 0.05) is 54.5 Å². The number of carboxylic acids is 5. The number of rotatable bonds is 70. The predicted molar refractivity (Wildman–Crippen MR) is 390 cm³/mol. The molecule has 0 aromatic carbocycles. The third kappa shape index (κ3) is 122. The Morgan fingerprint density at radius 2 is 0.209 bits per heavy atom. The summed E-state index contributed by atoms with van der Waals surface area (Å²) in [7, 11) is 0. The van der Waals surface area contributed by atoms with Gasteiger partial charge < -0.3 is 25.5 Å². The Hall–Kier alpha value is -1.91. The Morgan fingerprint density at radius 1 is 0.143 bits per heavy atom. The molecule has 0 unspecified atom stereocenters. The van der Waals surface area contributed by atoms with E-state index in [1.807, 2.05) is 0 Å². The van der Waals surface area contributed by atoms with Crippen LogP contribution in [0, 0.1) is 0 Å². The van der Waals surface area contributed by atoms with Crippen molar-refractivity contribution in [1.29, 1.82) is 0 Å². The molecule has 0 aliphatic heterocycles. The second-order valence-corrected chi connectivity index (χ2v) is 26.9. The second-order valence-electron chi connectivity index (χ2n) is 26.9. The zero-order chi connectivity index (χ0) is 67.4. The topological polar surface area (TPSA) is 186 Å². The van der Waals surface area contributed by atoms with E-state index in [1.54, 1.807) is 0 Å². The Morgan fingerprint density at radius 3 is 0.275 bits per heavy atom. The molecule has 0 spiro atoms. The van der Waals surface area contributed by atoms with Gasteiger partial charge in [0.1, 0.15) is 0 Å². The summed E-state index contributed by atoms with van der Waals surface area (Å²) in [6.07, 6.45) is 86.3. The van der Waals surface area contributed by atoms with Crippen molar-refractivity contribution < 1.29 is 71.9 Å². The van der Waals surface area contributed by atoms with Crippen molar-refractivity contribution in [2.45, 2.75) is 484 Å². The van der Waals surface area contributed by atoms with E-state index < -0.39 is 29.8 Å². The summed E-state index contributed by atoms with van der Waals surface area (Å²) < 4.78 is 0. The first-order valence-electron chi connectivity index (χ1n) is 39.9. The standard InChI is InChI=1S/5C16H32O2.Nb/c5*1-2-3-4-5-6-7-8-9-10-11-12-13-14-15-16(17)18;/h5*2-15H2,1H3,(H,17,18);. The molecule has 0 aromatic heterocycles. The van der Waals surface area contributed by atoms with Crippen LogP contribution in [0.25, 0.3) is 0 Å². The summed E-state index contributed by atoms with van der Waals surface area (Å²) >= 11 is 0. The summed E-state index contributed by atoms with van der Waals surface area (Å²) in [5.74, 6) is -3.27. The fraction of sp³-hybridized carbons (Fsp3) is 0.938. The van der Waals surface area contributed by atoms with Gasteiger partial charge in [0.2, 0.25) is 0 Å². The summed E-state index contributed by atoms with van der Waals surface area (Å²) in [4.78, 5) is 51.5. The molecule has 11 heteroatoms. The number of unbranched alkanes of at least 4 members (excludes halogenated alkanes) is 60. The van der Waals surface area contributed by atoms with Gasteiger partial charge in [0.05, 0.1) is 0 Å². The van der Waals surface area contributed by atoms with Crippen molar-refractivity contribution in [3.05, 3.63) is 0 Å². The van der Waals surface area contributed by atoms with Gasteiger partial charge >= 0.3 is 29.8 Å². The van der Waals surface area contributed by atoms with Gasteiger partial charge in [-0.2, -0.15) is 0 Å². The number of aliphatic carboxylic acids is 5. The molecule has 0 fully saturated rings. The van der Waals surface area contributed by atoms with E-state index in [9.17, 15) is 24.0 Å². The van der Waals surface area contributed by atoms with Gasteiger partial charge in [-0.1, -0.05) is 420 Å². The van der Waals surface area contributed by atoms with Crippen LogP contribution < -0.4 is 0 Å². The SMILES string of the molecule is CCCCCCCCCCCCCCCC(=O)O.CCCCCCCCCCCCCCCC(=O)O.CCCCCCCCCCCCCCCC(=O)O.CCCCCCCCCCCCCCCC(=O)O.CCCCCCCCCCCCCCCC(=O)O.[Nb]. The summed E-state index contributed by atoms with van der Waals surface area (Å²) in [6.45, 7) is 11.3. The van der Waals surface area contributed by atoms with Crippen molar-refractivity contribution in [2.75, 3.05) is 0 Å². The Labute approximate surface area is 582 Å². The molecule has 0 atom stereocenters. The average Bonchev–Trinajstić information content (AvgIpc) is 3.51. The van der Waals surface area contributed by atoms with E-state index in [0.29, 0.717) is 32.1 Å². The van der Waals surface area contributed by atoms with Crippen molar-refractivity contribution in [1.82, 2.24) is 0 Å². The molecule has 0 heterocycles. The molecule has 0 bridgehead atoms. The second kappa shape index (κ2) is 96.8. The molecule has 0 saturated carbocycles. The molecule has 0 aliphatic rings. The maximum absolute atomic E-state index is 10.3. The first kappa shape index (κ1) is 100. The Bertz CT molecular complexity index is 1130. The Balaban J connectivity index is -0.000000247. The Kier molecular flexibility index (Phi) is 106. The smallest absolute Gasteiger partial charge is 0.303 e. The molecule has 91 heavy (non-hydrogen) atoms. The molecule has 0 saturated heterocycles. The molecular formula is C80H160NbO10. The maximum Gasteiger partial charge on any atom is 0.303 e. The zero-order valence-electron chi connectivity index (χ0n) is 61.7. The van der Waals surface area contributed by atoms with Crippen LogP contribution in [0.15, 0.2) is 0 Å². The summed E-state index contributed by atoms with van der Waals surface area (Å²) in [6, 6.07) is 0. The minimum atomic E-state index is -0.655. The maximum atomic E-state index is 10.3. The van der Waals surface area contributed by atoms with E-state index in [4.69, 9.17) is 25.5 Å². The van der Waals surface area contributed by atoms with Crippen LogP contribution in [0.2, 0.25) is 0 Å². The van der Waals surface area contributed by atoms with Crippen LogP contribution in [0.5, 0.6) is 0 Å². The van der Waals surface area contributed by atoms with E-state index in [2.05, 4.69) is 34.6 Å². The van der Waals surface area contributed by atoms with Crippen LogP contribution in [-0.4, -0.2) is 55.4 Å². The average molecular weight is 1380 g/mol. The van der Waals surface area contributed by atoms with Gasteiger partial charge in [0.15, 0.2) is 0 Å². The van der Waals surface area contributed by atoms with Gasteiger partial charge in [-0.15, -0.1) is 0 Å². The quantitative estimate of drug-likeness (QED) is 0.0290. The number of carboxylic acid groups (broad SMARTS) is 5. The summed E-state index contributed by atoms with van der Waals surface area (Å²) in [5.41, 5.74) is 0. The molecule has 0 amide bonds. The fourth-order valence-corrected chi connectivity index (χ4v) is 11.5. The van der Waals surface area contributed by atoms with Gasteiger partial charge in [0.25, 0.3) is 0 Å². The van der Waals surface area contributed by atoms with Crippen LogP contribution >= 0.6 is 0 Å². The third-order valence-electron chi connectivity index (χ3n) is 17.5. The van der Waals surface area contributed by atoms with E-state index in [0.717, 1.165) is 64.2 Å². The molecule has 5 N–H and O–H groups in total. The van der Waals surface area contributed by atoms with Crippen molar-refractivity contribution in [3.8, 4) is 0 Å². The molecule has 0 aliphatic carbocycles. The molecule has 10 nitrogen and oxygen atoms in total. The molecule has 545 valence electrons. The molecule has 0 rings (SSSR count). The van der Waals surface area contributed by atoms with Crippen LogP contribution in [0.1, 0.15) is 484 Å². The van der Waals surface area contributed by atoms with E-state index in [-0.39, 0.29) is 22.4 Å². The van der Waals surface area contributed by atoms with E-state index in [1.165, 1.54) is 353 Å². The monoisotopic (exact) mass is 1370 g/mol. The van der Waals surface area contributed by atoms with Gasteiger partial charge in [-0.3, -0.25) is 24.0 Å². The fourth-order valence-electron chi connectivity index (χ4n) is 11.5. The minimum absolute atomic E-state index is 0. The van der Waals surface area contributed by atoms with Gasteiger partial charge in [-0.25, -0.2) is 0 Å².